The maximum atomic E-state index is 13.8. The Kier molecular flexibility index (Phi) is 4.26. The number of aryl methyl sites for hydroxylation is 1. The van der Waals surface area contributed by atoms with E-state index < -0.39 is 5.82 Å². The molecule has 0 bridgehead atoms. The fourth-order valence-electron chi connectivity index (χ4n) is 2.37. The number of aromatic nitrogens is 2. The van der Waals surface area contributed by atoms with Crippen molar-refractivity contribution in [3.63, 3.8) is 0 Å². The molecule has 0 atom stereocenters. The van der Waals surface area contributed by atoms with Crippen molar-refractivity contribution in [3.8, 4) is 0 Å². The van der Waals surface area contributed by atoms with Crippen molar-refractivity contribution in [1.82, 2.24) is 15.1 Å². The summed E-state index contributed by atoms with van der Waals surface area (Å²) in [5, 5.41) is 10.0. The third-order valence-corrected chi connectivity index (χ3v) is 4.74. The van der Waals surface area contributed by atoms with E-state index in [1.165, 1.54) is 29.5 Å². The van der Waals surface area contributed by atoms with Gasteiger partial charge < -0.3 is 9.80 Å². The highest BCUT2D eigenvalue weighted by atomic mass is 35.5. The highest BCUT2D eigenvalue weighted by molar-refractivity contribution is 7.15. The predicted molar refractivity (Wildman–Crippen MR) is 84.2 cm³/mol. The molecule has 1 amide bonds. The molecule has 0 unspecified atom stereocenters. The number of hydrogen-bond donors (Lipinski definition) is 0. The smallest absolute Gasteiger partial charge is 0.258 e. The third-order valence-electron chi connectivity index (χ3n) is 3.53. The Morgan fingerprint density at radius 1 is 1.27 bits per heavy atom. The van der Waals surface area contributed by atoms with E-state index in [0.717, 1.165) is 10.1 Å². The Balaban J connectivity index is 1.70. The highest BCUT2D eigenvalue weighted by Gasteiger charge is 2.26. The van der Waals surface area contributed by atoms with Gasteiger partial charge in [0.2, 0.25) is 5.13 Å². The predicted octanol–water partition coefficient (Wildman–Crippen LogP) is 2.60. The number of piperazine rings is 1. The van der Waals surface area contributed by atoms with Crippen molar-refractivity contribution in [2.75, 3.05) is 31.1 Å². The van der Waals surface area contributed by atoms with Crippen LogP contribution in [0, 0.1) is 12.7 Å². The Hall–Kier alpha value is -1.73. The molecule has 1 fully saturated rings. The molecular formula is C14H14ClFN4OS. The van der Waals surface area contributed by atoms with Crippen LogP contribution in [-0.2, 0) is 0 Å². The van der Waals surface area contributed by atoms with Crippen molar-refractivity contribution >= 4 is 34.0 Å². The first kappa shape index (κ1) is 15.2. The average Bonchev–Trinajstić information content (AvgIpc) is 2.94. The number of hydrogen-bond acceptors (Lipinski definition) is 5. The van der Waals surface area contributed by atoms with Gasteiger partial charge in [0.15, 0.2) is 0 Å². The number of amides is 1. The van der Waals surface area contributed by atoms with E-state index >= 15 is 0 Å². The normalized spacial score (nSPS) is 15.2. The van der Waals surface area contributed by atoms with E-state index in [1.807, 2.05) is 6.92 Å². The summed E-state index contributed by atoms with van der Waals surface area (Å²) in [4.78, 5) is 16.1. The Morgan fingerprint density at radius 2 is 2.00 bits per heavy atom. The summed E-state index contributed by atoms with van der Waals surface area (Å²) in [5.74, 6) is -0.948. The van der Waals surface area contributed by atoms with Crippen LogP contribution in [0.2, 0.25) is 5.02 Å². The van der Waals surface area contributed by atoms with E-state index in [9.17, 15) is 9.18 Å². The van der Waals surface area contributed by atoms with Gasteiger partial charge in [0.25, 0.3) is 5.91 Å². The van der Waals surface area contributed by atoms with Crippen molar-refractivity contribution in [1.29, 1.82) is 0 Å². The molecule has 0 radical (unpaired) electrons. The molecule has 0 saturated carbocycles. The minimum absolute atomic E-state index is 0.0515. The van der Waals surface area contributed by atoms with Gasteiger partial charge in [0.05, 0.1) is 10.6 Å². The highest BCUT2D eigenvalue weighted by Crippen LogP contribution is 2.24. The summed E-state index contributed by atoms with van der Waals surface area (Å²) in [5.41, 5.74) is -0.0515. The molecule has 22 heavy (non-hydrogen) atoms. The molecule has 2 aromatic rings. The van der Waals surface area contributed by atoms with Crippen LogP contribution >= 0.6 is 22.9 Å². The van der Waals surface area contributed by atoms with Crippen LogP contribution in [0.5, 0.6) is 0 Å². The van der Waals surface area contributed by atoms with Gasteiger partial charge in [-0.15, -0.1) is 10.2 Å². The van der Waals surface area contributed by atoms with E-state index in [4.69, 9.17) is 11.6 Å². The van der Waals surface area contributed by atoms with Crippen molar-refractivity contribution in [2.45, 2.75) is 6.92 Å². The molecule has 0 N–H and O–H groups in total. The van der Waals surface area contributed by atoms with Gasteiger partial charge in [0.1, 0.15) is 10.8 Å². The molecule has 1 aliphatic heterocycles. The minimum atomic E-state index is -0.584. The monoisotopic (exact) mass is 340 g/mol. The summed E-state index contributed by atoms with van der Waals surface area (Å²) in [7, 11) is 0. The first-order valence-corrected chi connectivity index (χ1v) is 8.04. The fraction of sp³-hybridized carbons (Fsp3) is 0.357. The van der Waals surface area contributed by atoms with Gasteiger partial charge in [0, 0.05) is 26.2 Å². The Bertz CT molecular complexity index is 680. The van der Waals surface area contributed by atoms with Gasteiger partial charge in [-0.25, -0.2) is 4.39 Å². The molecular weight excluding hydrogens is 327 g/mol. The molecule has 116 valence electrons. The Morgan fingerprint density at radius 3 is 2.59 bits per heavy atom. The molecule has 1 aromatic carbocycles. The van der Waals surface area contributed by atoms with Gasteiger partial charge in [-0.1, -0.05) is 29.0 Å². The number of anilines is 1. The van der Waals surface area contributed by atoms with Gasteiger partial charge >= 0.3 is 0 Å². The first-order valence-electron chi connectivity index (χ1n) is 6.84. The number of carbonyl (C=O) groups excluding carboxylic acids is 1. The van der Waals surface area contributed by atoms with Crippen LogP contribution < -0.4 is 4.90 Å². The van der Waals surface area contributed by atoms with Crippen molar-refractivity contribution < 1.29 is 9.18 Å². The lowest BCUT2D eigenvalue weighted by Gasteiger charge is -2.34. The second-order valence-electron chi connectivity index (χ2n) is 4.98. The lowest BCUT2D eigenvalue weighted by atomic mass is 10.1. The molecule has 1 saturated heterocycles. The van der Waals surface area contributed by atoms with Crippen LogP contribution in [-0.4, -0.2) is 47.2 Å². The van der Waals surface area contributed by atoms with E-state index in [0.29, 0.717) is 26.2 Å². The number of benzene rings is 1. The molecule has 8 heteroatoms. The fourth-order valence-corrected chi connectivity index (χ4v) is 3.36. The third kappa shape index (κ3) is 2.91. The second kappa shape index (κ2) is 6.18. The summed E-state index contributed by atoms with van der Waals surface area (Å²) >= 11 is 7.48. The standard InChI is InChI=1S/C14H14ClFN4OS/c1-9-17-18-14(22-9)20-7-5-19(6-8-20)13(21)12-10(15)3-2-4-11(12)16/h2-4H,5-8H2,1H3. The SMILES string of the molecule is Cc1nnc(N2CCN(C(=O)c3c(F)cccc3Cl)CC2)s1. The summed E-state index contributed by atoms with van der Waals surface area (Å²) < 4.78 is 13.8. The number of halogens is 2. The zero-order chi connectivity index (χ0) is 15.7. The Labute approximate surface area is 136 Å². The van der Waals surface area contributed by atoms with Crippen molar-refractivity contribution in [3.05, 3.63) is 39.6 Å². The number of carbonyl (C=O) groups is 1. The van der Waals surface area contributed by atoms with Crippen LogP contribution in [0.25, 0.3) is 0 Å². The van der Waals surface area contributed by atoms with Crippen LogP contribution in [0.3, 0.4) is 0 Å². The maximum Gasteiger partial charge on any atom is 0.258 e. The average molecular weight is 341 g/mol. The summed E-state index contributed by atoms with van der Waals surface area (Å²) in [6.45, 7) is 4.20. The quantitative estimate of drug-likeness (QED) is 0.843. The van der Waals surface area contributed by atoms with Crippen molar-refractivity contribution in [2.24, 2.45) is 0 Å². The topological polar surface area (TPSA) is 49.3 Å². The maximum absolute atomic E-state index is 13.8. The molecule has 0 spiro atoms. The zero-order valence-electron chi connectivity index (χ0n) is 11.9. The summed E-state index contributed by atoms with van der Waals surface area (Å²) in [6, 6.07) is 4.27. The number of nitrogens with zero attached hydrogens (tertiary/aromatic N) is 4. The lowest BCUT2D eigenvalue weighted by molar-refractivity contribution is 0.0742. The molecule has 1 aliphatic rings. The molecule has 0 aliphatic carbocycles. The van der Waals surface area contributed by atoms with Crippen LogP contribution in [0.1, 0.15) is 15.4 Å². The second-order valence-corrected chi connectivity index (χ2v) is 6.55. The van der Waals surface area contributed by atoms with Gasteiger partial charge in [-0.2, -0.15) is 0 Å². The van der Waals surface area contributed by atoms with E-state index in [2.05, 4.69) is 15.1 Å². The summed E-state index contributed by atoms with van der Waals surface area (Å²) in [6.07, 6.45) is 0. The molecule has 3 rings (SSSR count). The van der Waals surface area contributed by atoms with E-state index in [-0.39, 0.29) is 16.5 Å². The minimum Gasteiger partial charge on any atom is -0.343 e. The lowest BCUT2D eigenvalue weighted by Crippen LogP contribution is -2.49. The molecule has 5 nitrogen and oxygen atoms in total. The van der Waals surface area contributed by atoms with E-state index in [1.54, 1.807) is 4.90 Å². The largest absolute Gasteiger partial charge is 0.343 e. The van der Waals surface area contributed by atoms with Gasteiger partial charge in [-0.05, 0) is 19.1 Å². The number of rotatable bonds is 2. The van der Waals surface area contributed by atoms with Gasteiger partial charge in [-0.3, -0.25) is 4.79 Å². The molecule has 1 aromatic heterocycles. The van der Waals surface area contributed by atoms with Crippen LogP contribution in [0.15, 0.2) is 18.2 Å². The molecule has 2 heterocycles. The first-order chi connectivity index (χ1) is 10.6. The zero-order valence-corrected chi connectivity index (χ0v) is 13.5. The van der Waals surface area contributed by atoms with Crippen LogP contribution in [0.4, 0.5) is 9.52 Å².